The van der Waals surface area contributed by atoms with Crippen molar-refractivity contribution in [3.8, 4) is 6.07 Å². The third-order valence-electron chi connectivity index (χ3n) is 4.95. The number of sulfonamides is 1. The smallest absolute Gasteiger partial charge is 0.338 e. The van der Waals surface area contributed by atoms with Gasteiger partial charge in [0.1, 0.15) is 6.07 Å². The molecule has 0 unspecified atom stereocenters. The number of carbonyl (C=O) groups excluding carboxylic acids is 2. The first-order chi connectivity index (χ1) is 16.1. The number of nitriles is 1. The predicted octanol–water partition coefficient (Wildman–Crippen LogP) is 1.59. The van der Waals surface area contributed by atoms with Crippen LogP contribution in [0.5, 0.6) is 0 Å². The standard InChI is InChI=1S/C21H20N4O8S/c1-14-2-3-15(11-19(14)34(30,31)24-6-8-32-9-7-24)21(27)33-13-20(26)23-18-5-4-17(25(28)29)10-16(18)12-22/h2-5,10-11H,6-9,13H2,1H3,(H,23,26). The van der Waals surface area contributed by atoms with Gasteiger partial charge in [-0.1, -0.05) is 6.07 Å². The Balaban J connectivity index is 1.68. The van der Waals surface area contributed by atoms with E-state index >= 15 is 0 Å². The van der Waals surface area contributed by atoms with Crippen LogP contribution in [0.1, 0.15) is 21.5 Å². The first-order valence-electron chi connectivity index (χ1n) is 9.97. The number of morpholine rings is 1. The highest BCUT2D eigenvalue weighted by molar-refractivity contribution is 7.89. The Morgan fingerprint density at radius 2 is 1.94 bits per heavy atom. The molecule has 0 aromatic heterocycles. The van der Waals surface area contributed by atoms with Crippen molar-refractivity contribution < 1.29 is 32.4 Å². The van der Waals surface area contributed by atoms with Gasteiger partial charge in [0.25, 0.3) is 11.6 Å². The van der Waals surface area contributed by atoms with Gasteiger partial charge in [0.2, 0.25) is 10.0 Å². The second-order valence-electron chi connectivity index (χ2n) is 7.22. The van der Waals surface area contributed by atoms with Gasteiger partial charge in [-0.3, -0.25) is 14.9 Å². The maximum atomic E-state index is 13.0. The molecule has 2 aromatic rings. The molecule has 0 aliphatic carbocycles. The Labute approximate surface area is 194 Å². The van der Waals surface area contributed by atoms with Gasteiger partial charge in [-0.25, -0.2) is 13.2 Å². The molecule has 13 heteroatoms. The lowest BCUT2D eigenvalue weighted by Crippen LogP contribution is -2.40. The number of hydrogen-bond donors (Lipinski definition) is 1. The minimum absolute atomic E-state index is 0.0170. The van der Waals surface area contributed by atoms with E-state index in [0.29, 0.717) is 5.56 Å². The van der Waals surface area contributed by atoms with Gasteiger partial charge in [-0.2, -0.15) is 9.57 Å². The van der Waals surface area contributed by atoms with Gasteiger partial charge >= 0.3 is 5.97 Å². The summed E-state index contributed by atoms with van der Waals surface area (Å²) in [6, 6.07) is 9.12. The number of esters is 1. The molecular weight excluding hydrogens is 468 g/mol. The van der Waals surface area contributed by atoms with Gasteiger partial charge in [0.05, 0.1) is 39.8 Å². The molecule has 0 atom stereocenters. The second kappa shape index (κ2) is 10.4. The van der Waals surface area contributed by atoms with Crippen molar-refractivity contribution in [2.24, 2.45) is 0 Å². The molecule has 0 spiro atoms. The summed E-state index contributed by atoms with van der Waals surface area (Å²) in [6.45, 7) is 1.83. The van der Waals surface area contributed by atoms with Crippen molar-refractivity contribution in [2.45, 2.75) is 11.8 Å². The van der Waals surface area contributed by atoms with Crippen LogP contribution in [0, 0.1) is 28.4 Å². The van der Waals surface area contributed by atoms with E-state index in [1.807, 2.05) is 0 Å². The summed E-state index contributed by atoms with van der Waals surface area (Å²) in [5.74, 6) is -1.70. The summed E-state index contributed by atoms with van der Waals surface area (Å²) < 4.78 is 37.4. The molecule has 12 nitrogen and oxygen atoms in total. The molecule has 1 N–H and O–H groups in total. The van der Waals surface area contributed by atoms with E-state index in [1.54, 1.807) is 13.0 Å². The normalized spacial score (nSPS) is 14.1. The zero-order valence-corrected chi connectivity index (χ0v) is 18.8. The van der Waals surface area contributed by atoms with E-state index < -0.39 is 33.4 Å². The fourth-order valence-electron chi connectivity index (χ4n) is 3.18. The van der Waals surface area contributed by atoms with Gasteiger partial charge < -0.3 is 14.8 Å². The van der Waals surface area contributed by atoms with E-state index in [2.05, 4.69) is 5.32 Å². The number of nitrogens with zero attached hydrogens (tertiary/aromatic N) is 3. The summed E-state index contributed by atoms with van der Waals surface area (Å²) in [7, 11) is -3.85. The van der Waals surface area contributed by atoms with Crippen LogP contribution in [0.2, 0.25) is 0 Å². The monoisotopic (exact) mass is 488 g/mol. The van der Waals surface area contributed by atoms with Crippen molar-refractivity contribution in [1.29, 1.82) is 5.26 Å². The minimum Gasteiger partial charge on any atom is -0.452 e. The number of anilines is 1. The Hall–Kier alpha value is -3.86. The van der Waals surface area contributed by atoms with E-state index in [9.17, 15) is 28.1 Å². The first-order valence-corrected chi connectivity index (χ1v) is 11.4. The number of rotatable bonds is 7. The summed E-state index contributed by atoms with van der Waals surface area (Å²) in [4.78, 5) is 34.7. The quantitative estimate of drug-likeness (QED) is 0.345. The molecule has 34 heavy (non-hydrogen) atoms. The Kier molecular flexibility index (Phi) is 7.57. The number of benzene rings is 2. The average molecular weight is 488 g/mol. The van der Waals surface area contributed by atoms with Crippen LogP contribution in [0.4, 0.5) is 11.4 Å². The highest BCUT2D eigenvalue weighted by Crippen LogP contribution is 2.23. The lowest BCUT2D eigenvalue weighted by molar-refractivity contribution is -0.384. The molecule has 1 aliphatic rings. The van der Waals surface area contributed by atoms with Crippen LogP contribution in [0.15, 0.2) is 41.3 Å². The number of carbonyl (C=O) groups is 2. The molecule has 1 amide bonds. The first kappa shape index (κ1) is 24.8. The number of nitrogens with one attached hydrogen (secondary N) is 1. The molecule has 2 aromatic carbocycles. The van der Waals surface area contributed by atoms with Gasteiger partial charge in [0, 0.05) is 25.2 Å². The highest BCUT2D eigenvalue weighted by atomic mass is 32.2. The number of non-ortho nitro benzene ring substituents is 1. The van der Waals surface area contributed by atoms with E-state index in [4.69, 9.17) is 14.7 Å². The Morgan fingerprint density at radius 1 is 1.24 bits per heavy atom. The topological polar surface area (TPSA) is 169 Å². The van der Waals surface area contributed by atoms with Crippen LogP contribution in [-0.2, 0) is 24.3 Å². The lowest BCUT2D eigenvalue weighted by Gasteiger charge is -2.26. The molecule has 1 saturated heterocycles. The number of hydrogen-bond acceptors (Lipinski definition) is 9. The highest BCUT2D eigenvalue weighted by Gasteiger charge is 2.28. The third kappa shape index (κ3) is 5.54. The van der Waals surface area contributed by atoms with Crippen molar-refractivity contribution >= 4 is 33.3 Å². The lowest BCUT2D eigenvalue weighted by atomic mass is 10.1. The zero-order valence-electron chi connectivity index (χ0n) is 18.0. The third-order valence-corrected chi connectivity index (χ3v) is 7.00. The molecule has 178 valence electrons. The van der Waals surface area contributed by atoms with Crippen LogP contribution in [-0.4, -0.2) is 62.4 Å². The van der Waals surface area contributed by atoms with Gasteiger partial charge in [0.15, 0.2) is 6.61 Å². The van der Waals surface area contributed by atoms with Crippen molar-refractivity contribution in [3.05, 3.63) is 63.2 Å². The second-order valence-corrected chi connectivity index (χ2v) is 9.13. The van der Waals surface area contributed by atoms with Crippen LogP contribution < -0.4 is 5.32 Å². The van der Waals surface area contributed by atoms with Gasteiger partial charge in [-0.05, 0) is 30.7 Å². The Bertz CT molecular complexity index is 1280. The van der Waals surface area contributed by atoms with Crippen molar-refractivity contribution in [1.82, 2.24) is 4.31 Å². The van der Waals surface area contributed by atoms with Gasteiger partial charge in [-0.15, -0.1) is 0 Å². The Morgan fingerprint density at radius 3 is 2.59 bits per heavy atom. The molecule has 0 saturated carbocycles. The maximum Gasteiger partial charge on any atom is 0.338 e. The number of amides is 1. The van der Waals surface area contributed by atoms with Crippen LogP contribution in [0.3, 0.4) is 0 Å². The minimum atomic E-state index is -3.85. The summed E-state index contributed by atoms with van der Waals surface area (Å²) in [6.07, 6.45) is 0. The van der Waals surface area contributed by atoms with Crippen molar-refractivity contribution in [2.75, 3.05) is 38.2 Å². The number of ether oxygens (including phenoxy) is 2. The van der Waals surface area contributed by atoms with Crippen LogP contribution in [0.25, 0.3) is 0 Å². The van der Waals surface area contributed by atoms with E-state index in [1.165, 1.54) is 28.6 Å². The number of nitro groups is 1. The summed E-state index contributed by atoms with van der Waals surface area (Å²) >= 11 is 0. The van der Waals surface area contributed by atoms with Crippen LogP contribution >= 0.6 is 0 Å². The summed E-state index contributed by atoms with van der Waals surface area (Å²) in [5.41, 5.74) is -0.0433. The van der Waals surface area contributed by atoms with E-state index in [-0.39, 0.29) is 53.7 Å². The molecule has 0 bridgehead atoms. The number of aryl methyl sites for hydroxylation is 1. The molecule has 1 heterocycles. The summed E-state index contributed by atoms with van der Waals surface area (Å²) in [5, 5.41) is 22.3. The molecule has 3 rings (SSSR count). The molecule has 1 fully saturated rings. The number of nitro benzene ring substituents is 1. The fourth-order valence-corrected chi connectivity index (χ4v) is 4.84. The largest absolute Gasteiger partial charge is 0.452 e. The molecular formula is C21H20N4O8S. The van der Waals surface area contributed by atoms with E-state index in [0.717, 1.165) is 12.1 Å². The SMILES string of the molecule is Cc1ccc(C(=O)OCC(=O)Nc2ccc([N+](=O)[O-])cc2C#N)cc1S(=O)(=O)N1CCOCC1. The zero-order chi connectivity index (χ0) is 24.9. The molecule has 1 aliphatic heterocycles. The predicted molar refractivity (Wildman–Crippen MR) is 117 cm³/mol. The average Bonchev–Trinajstić information content (AvgIpc) is 2.83. The maximum absolute atomic E-state index is 13.0. The molecule has 0 radical (unpaired) electrons. The van der Waals surface area contributed by atoms with Crippen molar-refractivity contribution in [3.63, 3.8) is 0 Å². The fraction of sp³-hybridized carbons (Fsp3) is 0.286.